The number of anilines is 1. The second-order valence-corrected chi connectivity index (χ2v) is 11.0. The highest BCUT2D eigenvalue weighted by atomic mass is 35.5. The van der Waals surface area contributed by atoms with Crippen molar-refractivity contribution in [2.45, 2.75) is 45.6 Å². The number of carboxylic acid groups (broad SMARTS) is 1. The summed E-state index contributed by atoms with van der Waals surface area (Å²) in [6.07, 6.45) is 3.55. The minimum absolute atomic E-state index is 0.239. The van der Waals surface area contributed by atoms with Crippen molar-refractivity contribution in [3.8, 4) is 11.8 Å². The number of hydrogen-bond donors (Lipinski definition) is 2. The number of carbonyl (C=O) groups excluding carboxylic acids is 1. The van der Waals surface area contributed by atoms with Crippen LogP contribution in [0.5, 0.6) is 0 Å². The Morgan fingerprint density at radius 2 is 1.97 bits per heavy atom. The lowest BCUT2D eigenvalue weighted by molar-refractivity contribution is -0.142. The molecule has 1 saturated carbocycles. The summed E-state index contributed by atoms with van der Waals surface area (Å²) >= 11 is 7.16. The largest absolute Gasteiger partial charge is 0.481 e. The summed E-state index contributed by atoms with van der Waals surface area (Å²) in [5, 5.41) is 13.5. The molecule has 0 spiro atoms. The van der Waals surface area contributed by atoms with Crippen molar-refractivity contribution in [3.63, 3.8) is 0 Å². The molecule has 3 aromatic rings. The molecule has 0 unspecified atom stereocenters. The van der Waals surface area contributed by atoms with Crippen LogP contribution in [-0.4, -0.2) is 29.0 Å². The lowest BCUT2D eigenvalue weighted by Gasteiger charge is -2.29. The molecule has 8 heteroatoms. The second kappa shape index (κ2) is 11.0. The van der Waals surface area contributed by atoms with Gasteiger partial charge in [-0.1, -0.05) is 61.7 Å². The number of carboxylic acids is 1. The number of nitrogens with one attached hydrogen (secondary N) is 1. The molecule has 2 aromatic carbocycles. The number of aromatic nitrogens is 1. The van der Waals surface area contributed by atoms with Crippen molar-refractivity contribution in [1.29, 1.82) is 0 Å². The topological polar surface area (TPSA) is 88.5 Å². The van der Waals surface area contributed by atoms with E-state index in [4.69, 9.17) is 11.6 Å². The van der Waals surface area contributed by atoms with Crippen LogP contribution >= 0.6 is 23.1 Å². The van der Waals surface area contributed by atoms with Crippen LogP contribution in [0.25, 0.3) is 6.08 Å². The van der Waals surface area contributed by atoms with Gasteiger partial charge in [0.05, 0.1) is 16.8 Å². The van der Waals surface area contributed by atoms with Crippen molar-refractivity contribution in [1.82, 2.24) is 4.37 Å². The van der Waals surface area contributed by atoms with Gasteiger partial charge in [-0.2, -0.15) is 4.37 Å². The number of hydrogen-bond acceptors (Lipinski definition) is 6. The van der Waals surface area contributed by atoms with Gasteiger partial charge in [0, 0.05) is 28.6 Å². The molecule has 0 saturated heterocycles. The van der Waals surface area contributed by atoms with E-state index in [1.54, 1.807) is 6.07 Å². The molecule has 1 aromatic heterocycles. The molecular formula is C30H29ClN2O4S. The summed E-state index contributed by atoms with van der Waals surface area (Å²) in [4.78, 5) is 22.6. The van der Waals surface area contributed by atoms with Crippen molar-refractivity contribution in [2.75, 3.05) is 12.4 Å². The standard InChI is InChI=1S/C22H22N2O2S.C8H7ClO2/c1-13-19(23-4)17(27-24-13)8-6-14-5-7-15-12-18(21(2,3)16(15)11-14)22(9-10-22)20(25)26;9-8-4-2-1-3-7(8)5-11-6-10/h5,7,11-12,23H,9-10H2,1-4H3,(H,25,26);1-4,6H,5H2. The predicted octanol–water partition coefficient (Wildman–Crippen LogP) is 6.45. The molecule has 0 amide bonds. The molecule has 0 radical (unpaired) electrons. The number of ether oxygens (including phenoxy) is 1. The van der Waals surface area contributed by atoms with Crippen LogP contribution in [0.3, 0.4) is 0 Å². The van der Waals surface area contributed by atoms with E-state index in [0.29, 0.717) is 11.5 Å². The highest BCUT2D eigenvalue weighted by Crippen LogP contribution is 2.61. The lowest BCUT2D eigenvalue weighted by atomic mass is 9.74. The second-order valence-electron chi connectivity index (χ2n) is 9.84. The van der Waals surface area contributed by atoms with E-state index in [9.17, 15) is 14.7 Å². The minimum atomic E-state index is -0.699. The Morgan fingerprint density at radius 3 is 2.61 bits per heavy atom. The maximum atomic E-state index is 11.8. The van der Waals surface area contributed by atoms with Gasteiger partial charge in [-0.25, -0.2) is 0 Å². The molecule has 2 N–H and O–H groups in total. The highest BCUT2D eigenvalue weighted by Gasteiger charge is 2.58. The van der Waals surface area contributed by atoms with Crippen LogP contribution in [0.2, 0.25) is 5.02 Å². The van der Waals surface area contributed by atoms with Crippen molar-refractivity contribution in [2.24, 2.45) is 5.41 Å². The normalized spacial score (nSPS) is 15.6. The van der Waals surface area contributed by atoms with Gasteiger partial charge in [0.1, 0.15) is 11.5 Å². The third-order valence-electron chi connectivity index (χ3n) is 7.07. The van der Waals surface area contributed by atoms with Crippen LogP contribution in [0.1, 0.15) is 59.5 Å². The fraction of sp³-hybridized carbons (Fsp3) is 0.300. The third kappa shape index (κ3) is 5.33. The van der Waals surface area contributed by atoms with Crippen LogP contribution < -0.4 is 5.32 Å². The minimum Gasteiger partial charge on any atom is -0.481 e. The van der Waals surface area contributed by atoms with Crippen molar-refractivity contribution < 1.29 is 19.4 Å². The van der Waals surface area contributed by atoms with Gasteiger partial charge in [-0.3, -0.25) is 9.59 Å². The molecule has 196 valence electrons. The molecule has 6 nitrogen and oxygen atoms in total. The number of benzene rings is 2. The Balaban J connectivity index is 0.000000257. The highest BCUT2D eigenvalue weighted by molar-refractivity contribution is 7.07. The smallest absolute Gasteiger partial charge is 0.313 e. The third-order valence-corrected chi connectivity index (χ3v) is 8.30. The molecule has 0 bridgehead atoms. The predicted molar refractivity (Wildman–Crippen MR) is 151 cm³/mol. The van der Waals surface area contributed by atoms with Crippen LogP contribution in [-0.2, 0) is 26.3 Å². The van der Waals surface area contributed by atoms with Crippen molar-refractivity contribution >= 4 is 47.3 Å². The molecule has 2 aliphatic carbocycles. The molecule has 5 rings (SSSR count). The Bertz CT molecular complexity index is 1470. The maximum Gasteiger partial charge on any atom is 0.313 e. The first kappa shape index (κ1) is 27.4. The first-order valence-corrected chi connectivity index (χ1v) is 13.3. The molecule has 38 heavy (non-hydrogen) atoms. The Hall–Kier alpha value is -3.60. The monoisotopic (exact) mass is 548 g/mol. The van der Waals surface area contributed by atoms with Crippen LogP contribution in [0.15, 0.2) is 48.0 Å². The maximum absolute atomic E-state index is 11.8. The van der Waals surface area contributed by atoms with Gasteiger partial charge < -0.3 is 15.2 Å². The molecule has 1 heterocycles. The van der Waals surface area contributed by atoms with Crippen LogP contribution in [0, 0.1) is 24.2 Å². The molecular weight excluding hydrogens is 520 g/mol. The van der Waals surface area contributed by atoms with Gasteiger partial charge >= 0.3 is 5.97 Å². The number of carbonyl (C=O) groups is 2. The average Bonchev–Trinajstić information content (AvgIpc) is 3.56. The number of aryl methyl sites for hydroxylation is 1. The molecule has 2 aliphatic rings. The van der Waals surface area contributed by atoms with E-state index in [1.807, 2.05) is 38.2 Å². The SMILES string of the molecule is CNc1c(C)nsc1C#Cc1ccc2c(c1)C(C)(C)C(C1(C(=O)O)CC1)=C2.O=COCc1ccccc1Cl. The summed E-state index contributed by atoms with van der Waals surface area (Å²) in [5.74, 6) is 5.77. The van der Waals surface area contributed by atoms with Crippen LogP contribution in [0.4, 0.5) is 5.69 Å². The fourth-order valence-electron chi connectivity index (χ4n) is 4.86. The molecule has 1 fully saturated rings. The summed E-state index contributed by atoms with van der Waals surface area (Å²) < 4.78 is 8.89. The molecule has 0 atom stereocenters. The zero-order chi connectivity index (χ0) is 27.5. The zero-order valence-electron chi connectivity index (χ0n) is 21.7. The number of fused-ring (bicyclic) bond motifs is 1. The quantitative estimate of drug-likeness (QED) is 0.272. The number of nitrogens with zero attached hydrogens (tertiary/aromatic N) is 1. The zero-order valence-corrected chi connectivity index (χ0v) is 23.3. The van der Waals surface area contributed by atoms with E-state index >= 15 is 0 Å². The Labute approximate surface area is 231 Å². The van der Waals surface area contributed by atoms with Gasteiger partial charge in [0.25, 0.3) is 6.47 Å². The summed E-state index contributed by atoms with van der Waals surface area (Å²) in [6.45, 7) is 6.86. The number of rotatable bonds is 6. The van der Waals surface area contributed by atoms with E-state index in [0.717, 1.165) is 56.9 Å². The fourth-order valence-corrected chi connectivity index (χ4v) is 5.81. The summed E-state index contributed by atoms with van der Waals surface area (Å²) in [5.41, 5.74) is 6.03. The summed E-state index contributed by atoms with van der Waals surface area (Å²) in [7, 11) is 1.88. The van der Waals surface area contributed by atoms with E-state index in [-0.39, 0.29) is 12.0 Å². The number of halogens is 1. The lowest BCUT2D eigenvalue weighted by Crippen LogP contribution is -2.28. The Morgan fingerprint density at radius 1 is 1.24 bits per heavy atom. The van der Waals surface area contributed by atoms with Gasteiger partial charge in [-0.15, -0.1) is 0 Å². The molecule has 0 aliphatic heterocycles. The van der Waals surface area contributed by atoms with Crippen molar-refractivity contribution in [3.05, 3.63) is 85.9 Å². The van der Waals surface area contributed by atoms with E-state index in [1.165, 1.54) is 11.5 Å². The van der Waals surface area contributed by atoms with Gasteiger partial charge in [-0.05, 0) is 72.1 Å². The number of aliphatic carboxylic acids is 1. The van der Waals surface area contributed by atoms with Gasteiger partial charge in [0.2, 0.25) is 0 Å². The first-order chi connectivity index (χ1) is 18.1. The summed E-state index contributed by atoms with van der Waals surface area (Å²) in [6, 6.07) is 13.4. The average molecular weight is 549 g/mol. The first-order valence-electron chi connectivity index (χ1n) is 12.2. The Kier molecular flexibility index (Phi) is 7.96. The van der Waals surface area contributed by atoms with E-state index in [2.05, 4.69) is 58.3 Å². The van der Waals surface area contributed by atoms with E-state index < -0.39 is 11.4 Å². The van der Waals surface area contributed by atoms with Gasteiger partial charge in [0.15, 0.2) is 0 Å².